The molecule has 0 aromatic carbocycles. The smallest absolute Gasteiger partial charge is 0.271 e. The molecule has 2 amide bonds. The number of pyridine rings is 1. The fraction of sp³-hybridized carbons (Fsp3) is 0.593. The molecule has 3 fully saturated rings. The molecule has 0 spiro atoms. The number of amides is 2. The van der Waals surface area contributed by atoms with Gasteiger partial charge in [-0.05, 0) is 56.1 Å². The molecular formula is C27H34N4O5. The van der Waals surface area contributed by atoms with E-state index >= 15 is 0 Å². The van der Waals surface area contributed by atoms with E-state index in [9.17, 15) is 19.2 Å². The molecule has 3 heterocycles. The zero-order valence-corrected chi connectivity index (χ0v) is 20.9. The van der Waals surface area contributed by atoms with E-state index in [-0.39, 0.29) is 47.6 Å². The Kier molecular flexibility index (Phi) is 6.81. The first-order valence-corrected chi connectivity index (χ1v) is 13.1. The number of hydrogen-bond donors (Lipinski definition) is 2. The lowest BCUT2D eigenvalue weighted by atomic mass is 9.91. The van der Waals surface area contributed by atoms with Gasteiger partial charge in [0.2, 0.25) is 5.91 Å². The van der Waals surface area contributed by atoms with Crippen molar-refractivity contribution in [2.45, 2.75) is 70.4 Å². The van der Waals surface area contributed by atoms with Gasteiger partial charge in [-0.25, -0.2) is 4.98 Å². The normalized spacial score (nSPS) is 26.3. The second-order valence-electron chi connectivity index (χ2n) is 10.4. The number of aromatic nitrogens is 2. The molecule has 0 bridgehead atoms. The summed E-state index contributed by atoms with van der Waals surface area (Å²) in [4.78, 5) is 61.4. The third kappa shape index (κ3) is 4.40. The lowest BCUT2D eigenvalue weighted by molar-refractivity contribution is -0.131. The number of fused-ring (bicyclic) bond motifs is 2. The summed E-state index contributed by atoms with van der Waals surface area (Å²) in [7, 11) is 1.57. The Balaban J connectivity index is 1.39. The van der Waals surface area contributed by atoms with Crippen molar-refractivity contribution in [2.75, 3.05) is 13.7 Å². The van der Waals surface area contributed by atoms with E-state index in [2.05, 4.69) is 15.3 Å². The first-order valence-electron chi connectivity index (χ1n) is 13.1. The van der Waals surface area contributed by atoms with E-state index in [1.165, 1.54) is 0 Å². The van der Waals surface area contributed by atoms with Crippen LogP contribution in [-0.4, -0.2) is 64.0 Å². The Morgan fingerprint density at radius 2 is 2.08 bits per heavy atom. The molecule has 5 rings (SSSR count). The minimum Gasteiger partial charge on any atom is -0.496 e. The molecule has 2 aliphatic carbocycles. The van der Waals surface area contributed by atoms with E-state index in [1.54, 1.807) is 37.3 Å². The van der Waals surface area contributed by atoms with Crippen LogP contribution < -0.4 is 10.1 Å². The number of carbonyl (C=O) groups excluding carboxylic acids is 4. The molecule has 3 aliphatic rings. The van der Waals surface area contributed by atoms with Gasteiger partial charge >= 0.3 is 0 Å². The van der Waals surface area contributed by atoms with Crippen molar-refractivity contribution in [3.8, 4) is 5.75 Å². The predicted molar refractivity (Wildman–Crippen MR) is 132 cm³/mol. The van der Waals surface area contributed by atoms with E-state index < -0.39 is 12.1 Å². The highest BCUT2D eigenvalue weighted by Gasteiger charge is 2.50. The summed E-state index contributed by atoms with van der Waals surface area (Å²) in [5, 5.41) is 3.68. The Bertz CT molecular complexity index is 1190. The maximum atomic E-state index is 13.7. The first-order chi connectivity index (χ1) is 17.4. The molecule has 2 aromatic rings. The number of nitrogens with one attached hydrogen (secondary N) is 2. The minimum absolute atomic E-state index is 0.0662. The maximum Gasteiger partial charge on any atom is 0.271 e. The monoisotopic (exact) mass is 494 g/mol. The highest BCUT2D eigenvalue weighted by Crippen LogP contribution is 2.43. The number of H-pyrrole nitrogens is 1. The Labute approximate surface area is 210 Å². The predicted octanol–water partition coefficient (Wildman–Crippen LogP) is 3.04. The van der Waals surface area contributed by atoms with Crippen LogP contribution >= 0.6 is 0 Å². The summed E-state index contributed by atoms with van der Waals surface area (Å²) in [6, 6.07) is 2.12. The van der Waals surface area contributed by atoms with Gasteiger partial charge in [0.1, 0.15) is 28.9 Å². The Morgan fingerprint density at radius 3 is 2.81 bits per heavy atom. The van der Waals surface area contributed by atoms with Crippen molar-refractivity contribution in [1.29, 1.82) is 0 Å². The molecule has 2 N–H and O–H groups in total. The second kappa shape index (κ2) is 10.0. The standard InChI is InChI=1S/C27H34N4O5/c1-3-21(32)19(12-15-6-5-9-22(15)33)30-26(34)24-17-8-4-7-16(17)14-31(24)27(35)20-13-18-23(36-2)10-11-28-25(18)29-20/h10-11,13,15-17,19,24H,3-9,12,14H2,1-2H3,(H,28,29)(H,30,34)/t15-,16-,17-,19-,24-/m0/s1. The minimum atomic E-state index is -0.700. The van der Waals surface area contributed by atoms with Crippen LogP contribution in [0.25, 0.3) is 11.0 Å². The molecule has 192 valence electrons. The number of Topliss-reactive ketones (excluding diaryl/α,β-unsaturated/α-hetero) is 2. The molecule has 1 aliphatic heterocycles. The van der Waals surface area contributed by atoms with Crippen LogP contribution in [-0.2, 0) is 14.4 Å². The van der Waals surface area contributed by atoms with Crippen LogP contribution in [0.15, 0.2) is 18.3 Å². The van der Waals surface area contributed by atoms with Crippen molar-refractivity contribution in [3.05, 3.63) is 24.0 Å². The maximum absolute atomic E-state index is 13.7. The number of methoxy groups -OCH3 is 1. The van der Waals surface area contributed by atoms with Gasteiger partial charge in [0, 0.05) is 31.5 Å². The number of nitrogens with zero attached hydrogens (tertiary/aromatic N) is 2. The molecule has 1 saturated heterocycles. The summed E-state index contributed by atoms with van der Waals surface area (Å²) < 4.78 is 5.40. The molecule has 2 aromatic heterocycles. The Hall–Kier alpha value is -3.23. The van der Waals surface area contributed by atoms with Crippen molar-refractivity contribution in [3.63, 3.8) is 0 Å². The summed E-state index contributed by atoms with van der Waals surface area (Å²) >= 11 is 0. The fourth-order valence-electron chi connectivity index (χ4n) is 6.50. The van der Waals surface area contributed by atoms with Crippen molar-refractivity contribution in [2.24, 2.45) is 17.8 Å². The zero-order valence-electron chi connectivity index (χ0n) is 20.9. The van der Waals surface area contributed by atoms with Crippen molar-refractivity contribution in [1.82, 2.24) is 20.2 Å². The highest BCUT2D eigenvalue weighted by molar-refractivity contribution is 6.01. The topological polar surface area (TPSA) is 121 Å². The first kappa shape index (κ1) is 24.5. The van der Waals surface area contributed by atoms with E-state index in [4.69, 9.17) is 4.74 Å². The number of ether oxygens (including phenoxy) is 1. The number of likely N-dealkylation sites (tertiary alicyclic amines) is 1. The number of rotatable bonds is 8. The van der Waals surface area contributed by atoms with Gasteiger partial charge in [-0.15, -0.1) is 0 Å². The van der Waals surface area contributed by atoms with Gasteiger partial charge in [-0.1, -0.05) is 13.3 Å². The number of hydrogen-bond acceptors (Lipinski definition) is 6. The molecule has 5 atom stereocenters. The van der Waals surface area contributed by atoms with Crippen LogP contribution in [0, 0.1) is 17.8 Å². The number of aromatic amines is 1. The summed E-state index contributed by atoms with van der Waals surface area (Å²) in [5.74, 6) is 0.321. The van der Waals surface area contributed by atoms with Crippen LogP contribution in [0.1, 0.15) is 68.8 Å². The average Bonchev–Trinajstić information content (AvgIpc) is 3.66. The van der Waals surface area contributed by atoms with Gasteiger partial charge in [0.05, 0.1) is 18.5 Å². The van der Waals surface area contributed by atoms with Gasteiger partial charge < -0.3 is 19.9 Å². The van der Waals surface area contributed by atoms with Gasteiger partial charge in [-0.2, -0.15) is 0 Å². The molecular weight excluding hydrogens is 460 g/mol. The quantitative estimate of drug-likeness (QED) is 0.582. The third-order valence-corrected chi connectivity index (χ3v) is 8.37. The lowest BCUT2D eigenvalue weighted by Gasteiger charge is -2.29. The van der Waals surface area contributed by atoms with Crippen LogP contribution in [0.4, 0.5) is 0 Å². The molecule has 0 unspecified atom stereocenters. The zero-order chi connectivity index (χ0) is 25.4. The molecule has 9 nitrogen and oxygen atoms in total. The third-order valence-electron chi connectivity index (χ3n) is 8.37. The summed E-state index contributed by atoms with van der Waals surface area (Å²) in [5.41, 5.74) is 0.908. The molecule has 2 saturated carbocycles. The van der Waals surface area contributed by atoms with E-state index in [1.807, 2.05) is 0 Å². The lowest BCUT2D eigenvalue weighted by Crippen LogP contribution is -2.53. The van der Waals surface area contributed by atoms with Crippen molar-refractivity contribution >= 4 is 34.4 Å². The van der Waals surface area contributed by atoms with Gasteiger partial charge in [-0.3, -0.25) is 19.2 Å². The largest absolute Gasteiger partial charge is 0.496 e. The number of ketones is 2. The van der Waals surface area contributed by atoms with E-state index in [0.717, 1.165) is 32.1 Å². The number of carbonyl (C=O) groups is 4. The van der Waals surface area contributed by atoms with E-state index in [0.29, 0.717) is 41.9 Å². The van der Waals surface area contributed by atoms with Crippen LogP contribution in [0.2, 0.25) is 0 Å². The molecule has 36 heavy (non-hydrogen) atoms. The summed E-state index contributed by atoms with van der Waals surface area (Å²) in [6.45, 7) is 2.28. The second-order valence-corrected chi connectivity index (χ2v) is 10.4. The Morgan fingerprint density at radius 1 is 1.25 bits per heavy atom. The van der Waals surface area contributed by atoms with Gasteiger partial charge in [0.25, 0.3) is 5.91 Å². The van der Waals surface area contributed by atoms with Crippen LogP contribution in [0.3, 0.4) is 0 Å². The molecule has 9 heteroatoms. The van der Waals surface area contributed by atoms with Crippen LogP contribution in [0.5, 0.6) is 5.75 Å². The summed E-state index contributed by atoms with van der Waals surface area (Å²) in [6.07, 6.45) is 7.28. The van der Waals surface area contributed by atoms with Crippen molar-refractivity contribution < 1.29 is 23.9 Å². The fourth-order valence-corrected chi connectivity index (χ4v) is 6.50. The molecule has 0 radical (unpaired) electrons. The SMILES string of the molecule is CCC(=O)[C@H](C[C@@H]1CCCC1=O)NC(=O)[C@@H]1[C@H]2CCC[C@H]2CN1C(=O)c1cc2c(OC)ccnc2[nH]1. The highest BCUT2D eigenvalue weighted by atomic mass is 16.5. The van der Waals surface area contributed by atoms with Gasteiger partial charge in [0.15, 0.2) is 5.78 Å². The average molecular weight is 495 g/mol.